The van der Waals surface area contributed by atoms with Gasteiger partial charge in [-0.25, -0.2) is 9.59 Å². The van der Waals surface area contributed by atoms with Crippen molar-refractivity contribution in [1.82, 2.24) is 0 Å². The Bertz CT molecular complexity index is 446. The molecule has 1 aliphatic rings. The van der Waals surface area contributed by atoms with E-state index in [0.29, 0.717) is 11.1 Å². The summed E-state index contributed by atoms with van der Waals surface area (Å²) in [5.74, 6) is -1.02. The van der Waals surface area contributed by atoms with Crippen LogP contribution in [0, 0.1) is 0 Å². The highest BCUT2D eigenvalue weighted by atomic mass is 16.6. The molecule has 0 unspecified atom stereocenters. The van der Waals surface area contributed by atoms with Crippen LogP contribution in [0.2, 0.25) is 0 Å². The number of rotatable bonds is 2. The van der Waals surface area contributed by atoms with Crippen LogP contribution in [0.4, 0.5) is 0 Å². The second-order valence-corrected chi connectivity index (χ2v) is 3.56. The lowest BCUT2D eigenvalue weighted by molar-refractivity contribution is 0.0443. The number of carbonyl (C=O) groups excluding carboxylic acids is 2. The summed E-state index contributed by atoms with van der Waals surface area (Å²) >= 11 is 0. The van der Waals surface area contributed by atoms with E-state index in [-0.39, 0.29) is 0 Å². The molecule has 0 atom stereocenters. The highest BCUT2D eigenvalue weighted by Gasteiger charge is 2.32. The first-order valence-electron chi connectivity index (χ1n) is 5.09. The third-order valence-corrected chi connectivity index (χ3v) is 2.68. The Labute approximate surface area is 88.1 Å². The molecule has 0 N–H and O–H groups in total. The number of cyclic esters (lactones) is 2. The summed E-state index contributed by atoms with van der Waals surface area (Å²) in [5, 5.41) is 0. The van der Waals surface area contributed by atoms with Crippen molar-refractivity contribution in [2.45, 2.75) is 26.7 Å². The van der Waals surface area contributed by atoms with E-state index in [0.717, 1.165) is 24.0 Å². The third-order valence-electron chi connectivity index (χ3n) is 2.68. The van der Waals surface area contributed by atoms with Crippen molar-refractivity contribution in [2.75, 3.05) is 0 Å². The number of ether oxygens (including phenoxy) is 1. The zero-order chi connectivity index (χ0) is 11.0. The number of aryl methyl sites for hydroxylation is 2. The molecule has 0 fully saturated rings. The van der Waals surface area contributed by atoms with Crippen LogP contribution in [-0.2, 0) is 17.6 Å². The zero-order valence-corrected chi connectivity index (χ0v) is 8.79. The molecular formula is C12H12O3. The van der Waals surface area contributed by atoms with Gasteiger partial charge in [-0.05, 0) is 30.0 Å². The first kappa shape index (κ1) is 9.90. The van der Waals surface area contributed by atoms with Crippen molar-refractivity contribution in [3.8, 4) is 0 Å². The quantitative estimate of drug-likeness (QED) is 0.547. The molecule has 1 aromatic carbocycles. The zero-order valence-electron chi connectivity index (χ0n) is 8.79. The fourth-order valence-corrected chi connectivity index (χ4v) is 1.84. The van der Waals surface area contributed by atoms with E-state index < -0.39 is 11.9 Å². The molecule has 0 amide bonds. The number of carbonyl (C=O) groups is 2. The maximum absolute atomic E-state index is 11.4. The van der Waals surface area contributed by atoms with Crippen LogP contribution < -0.4 is 0 Å². The summed E-state index contributed by atoms with van der Waals surface area (Å²) in [5.41, 5.74) is 2.85. The summed E-state index contributed by atoms with van der Waals surface area (Å²) in [6, 6.07) is 3.72. The lowest BCUT2D eigenvalue weighted by atomic mass is 9.96. The molecule has 1 aromatic rings. The summed E-state index contributed by atoms with van der Waals surface area (Å²) < 4.78 is 4.60. The normalized spacial score (nSPS) is 14.0. The fraction of sp³-hybridized carbons (Fsp3) is 0.333. The standard InChI is InChI=1S/C12H12O3/c1-3-7-5-8(4-2)10-9(6-7)11(13)15-12(10)14/h5-6H,3-4H2,1-2H3. The molecule has 0 saturated carbocycles. The molecule has 78 valence electrons. The van der Waals surface area contributed by atoms with Crippen LogP contribution in [0.25, 0.3) is 0 Å². The van der Waals surface area contributed by atoms with Crippen molar-refractivity contribution in [3.05, 3.63) is 34.4 Å². The highest BCUT2D eigenvalue weighted by Crippen LogP contribution is 2.26. The van der Waals surface area contributed by atoms with Crippen molar-refractivity contribution in [2.24, 2.45) is 0 Å². The average Bonchev–Trinajstić information content (AvgIpc) is 2.53. The number of hydrogen-bond donors (Lipinski definition) is 0. The van der Waals surface area contributed by atoms with E-state index in [1.807, 2.05) is 19.9 Å². The van der Waals surface area contributed by atoms with Crippen LogP contribution in [0.3, 0.4) is 0 Å². The van der Waals surface area contributed by atoms with Crippen molar-refractivity contribution >= 4 is 11.9 Å². The van der Waals surface area contributed by atoms with Crippen LogP contribution in [-0.4, -0.2) is 11.9 Å². The molecule has 3 nitrogen and oxygen atoms in total. The summed E-state index contributed by atoms with van der Waals surface area (Å²) in [6.07, 6.45) is 1.58. The Morgan fingerprint density at radius 3 is 2.40 bits per heavy atom. The van der Waals surface area contributed by atoms with Gasteiger partial charge in [0, 0.05) is 0 Å². The van der Waals surface area contributed by atoms with E-state index in [1.165, 1.54) is 0 Å². The average molecular weight is 204 g/mol. The smallest absolute Gasteiger partial charge is 0.347 e. The summed E-state index contributed by atoms with van der Waals surface area (Å²) in [7, 11) is 0. The van der Waals surface area contributed by atoms with Gasteiger partial charge in [-0.15, -0.1) is 0 Å². The lowest BCUT2D eigenvalue weighted by Crippen LogP contribution is -2.00. The minimum atomic E-state index is -0.514. The van der Waals surface area contributed by atoms with E-state index >= 15 is 0 Å². The van der Waals surface area contributed by atoms with Gasteiger partial charge in [0.2, 0.25) is 0 Å². The molecule has 3 heteroatoms. The number of benzene rings is 1. The highest BCUT2D eigenvalue weighted by molar-refractivity contribution is 6.15. The van der Waals surface area contributed by atoms with Gasteiger partial charge in [-0.3, -0.25) is 0 Å². The monoisotopic (exact) mass is 204 g/mol. The first-order valence-corrected chi connectivity index (χ1v) is 5.09. The van der Waals surface area contributed by atoms with Crippen molar-refractivity contribution in [1.29, 1.82) is 0 Å². The molecule has 0 radical (unpaired) electrons. The molecule has 15 heavy (non-hydrogen) atoms. The van der Waals surface area contributed by atoms with Gasteiger partial charge in [0.25, 0.3) is 0 Å². The van der Waals surface area contributed by atoms with Gasteiger partial charge >= 0.3 is 11.9 Å². The Balaban J connectivity index is 2.67. The minimum absolute atomic E-state index is 0.427. The minimum Gasteiger partial charge on any atom is -0.386 e. The maximum atomic E-state index is 11.4. The molecule has 0 spiro atoms. The van der Waals surface area contributed by atoms with E-state index in [9.17, 15) is 9.59 Å². The number of fused-ring (bicyclic) bond motifs is 1. The lowest BCUT2D eigenvalue weighted by Gasteiger charge is -2.04. The van der Waals surface area contributed by atoms with Gasteiger partial charge in [0.1, 0.15) is 0 Å². The van der Waals surface area contributed by atoms with Gasteiger partial charge in [-0.2, -0.15) is 0 Å². The SMILES string of the molecule is CCc1cc(CC)c2c(c1)C(=O)OC2=O. The second kappa shape index (κ2) is 3.50. The Morgan fingerprint density at radius 1 is 1.07 bits per heavy atom. The van der Waals surface area contributed by atoms with Crippen LogP contribution in [0.1, 0.15) is 45.7 Å². The van der Waals surface area contributed by atoms with Gasteiger partial charge in [0.05, 0.1) is 11.1 Å². The predicted molar refractivity (Wildman–Crippen MR) is 54.9 cm³/mol. The molecule has 1 aliphatic heterocycles. The van der Waals surface area contributed by atoms with Crippen molar-refractivity contribution in [3.63, 3.8) is 0 Å². The van der Waals surface area contributed by atoms with E-state index in [2.05, 4.69) is 4.74 Å². The Kier molecular flexibility index (Phi) is 2.31. The Hall–Kier alpha value is -1.64. The predicted octanol–water partition coefficient (Wildman–Crippen LogP) is 2.12. The molecule has 0 aliphatic carbocycles. The number of hydrogen-bond acceptors (Lipinski definition) is 3. The van der Waals surface area contributed by atoms with Gasteiger partial charge in [-0.1, -0.05) is 19.9 Å². The van der Waals surface area contributed by atoms with Crippen molar-refractivity contribution < 1.29 is 14.3 Å². The number of esters is 2. The molecule has 0 saturated heterocycles. The topological polar surface area (TPSA) is 43.4 Å². The molecule has 0 bridgehead atoms. The van der Waals surface area contributed by atoms with Crippen LogP contribution >= 0.6 is 0 Å². The largest absolute Gasteiger partial charge is 0.386 e. The maximum Gasteiger partial charge on any atom is 0.347 e. The molecular weight excluding hydrogens is 192 g/mol. The van der Waals surface area contributed by atoms with Crippen LogP contribution in [0.15, 0.2) is 12.1 Å². The molecule has 0 aromatic heterocycles. The molecule has 2 rings (SSSR count). The van der Waals surface area contributed by atoms with E-state index in [1.54, 1.807) is 6.07 Å². The van der Waals surface area contributed by atoms with Gasteiger partial charge in [0.15, 0.2) is 0 Å². The van der Waals surface area contributed by atoms with Crippen LogP contribution in [0.5, 0.6) is 0 Å². The molecule has 1 heterocycles. The van der Waals surface area contributed by atoms with E-state index in [4.69, 9.17) is 0 Å². The summed E-state index contributed by atoms with van der Waals surface area (Å²) in [6.45, 7) is 3.98. The third kappa shape index (κ3) is 1.44. The Morgan fingerprint density at radius 2 is 1.80 bits per heavy atom. The van der Waals surface area contributed by atoms with Gasteiger partial charge < -0.3 is 4.74 Å². The second-order valence-electron chi connectivity index (χ2n) is 3.56. The summed E-state index contributed by atoms with van der Waals surface area (Å²) in [4.78, 5) is 22.8. The first-order chi connectivity index (χ1) is 7.17. The fourth-order valence-electron chi connectivity index (χ4n) is 1.84.